The Kier molecular flexibility index (Phi) is 12.9. The lowest BCUT2D eigenvalue weighted by Crippen LogP contribution is -2.47. The molecule has 0 atom stereocenters. The van der Waals surface area contributed by atoms with Crippen LogP contribution in [0.4, 0.5) is 0 Å². The third-order valence-corrected chi connectivity index (χ3v) is 7.35. The van der Waals surface area contributed by atoms with E-state index in [0.29, 0.717) is 11.5 Å². The van der Waals surface area contributed by atoms with E-state index in [1.54, 1.807) is 5.57 Å². The van der Waals surface area contributed by atoms with Gasteiger partial charge in [-0.2, -0.15) is 0 Å². The first-order chi connectivity index (χ1) is 14.4. The molecular formula is C27H56N4. The summed E-state index contributed by atoms with van der Waals surface area (Å²) in [6, 6.07) is 2.18. The lowest BCUT2D eigenvalue weighted by Gasteiger charge is -2.38. The zero-order valence-corrected chi connectivity index (χ0v) is 22.9. The molecule has 3 heterocycles. The van der Waals surface area contributed by atoms with E-state index in [-0.39, 0.29) is 0 Å². The molecular weight excluding hydrogens is 380 g/mol. The summed E-state index contributed by atoms with van der Waals surface area (Å²) < 4.78 is 0. The highest BCUT2D eigenvalue weighted by atomic mass is 15.3. The minimum atomic E-state index is 0.603. The maximum Gasteiger partial charge on any atom is 0.0168 e. The molecule has 0 bridgehead atoms. The minimum Gasteiger partial charge on any atom is -0.304 e. The van der Waals surface area contributed by atoms with Crippen molar-refractivity contribution < 1.29 is 0 Å². The van der Waals surface area contributed by atoms with Crippen LogP contribution in [0, 0.1) is 5.41 Å². The van der Waals surface area contributed by atoms with Gasteiger partial charge < -0.3 is 9.80 Å². The quantitative estimate of drug-likeness (QED) is 0.563. The van der Waals surface area contributed by atoms with E-state index in [0.717, 1.165) is 18.6 Å². The number of rotatable bonds is 3. The molecule has 0 aromatic carbocycles. The van der Waals surface area contributed by atoms with Crippen molar-refractivity contribution in [3.63, 3.8) is 0 Å². The Labute approximate surface area is 196 Å². The fraction of sp³-hybridized carbons (Fsp3) is 0.926. The SMILES string of the molecule is CC(C)N1CCC(C)(C)CC1.CC(C)N1CCN(C)CC1.CC1=CCN(C(C)C)CC1. The van der Waals surface area contributed by atoms with Crippen LogP contribution in [-0.4, -0.2) is 97.1 Å². The number of hydrogen-bond donors (Lipinski definition) is 0. The minimum absolute atomic E-state index is 0.603. The molecule has 0 aromatic rings. The topological polar surface area (TPSA) is 13.0 Å². The molecule has 3 rings (SSSR count). The van der Waals surface area contributed by atoms with E-state index in [9.17, 15) is 0 Å². The van der Waals surface area contributed by atoms with Gasteiger partial charge >= 0.3 is 0 Å². The monoisotopic (exact) mass is 436 g/mol. The van der Waals surface area contributed by atoms with Crippen LogP contribution in [0.1, 0.15) is 81.6 Å². The molecule has 0 aromatic heterocycles. The molecule has 184 valence electrons. The molecule has 31 heavy (non-hydrogen) atoms. The summed E-state index contributed by atoms with van der Waals surface area (Å²) in [5.41, 5.74) is 2.16. The molecule has 3 aliphatic heterocycles. The Hall–Kier alpha value is -0.420. The average molecular weight is 437 g/mol. The van der Waals surface area contributed by atoms with Gasteiger partial charge in [-0.15, -0.1) is 0 Å². The highest BCUT2D eigenvalue weighted by Gasteiger charge is 2.26. The van der Waals surface area contributed by atoms with Gasteiger partial charge in [0, 0.05) is 57.4 Å². The molecule has 2 fully saturated rings. The average Bonchev–Trinajstić information content (AvgIpc) is 2.69. The van der Waals surface area contributed by atoms with Crippen molar-refractivity contribution in [3.8, 4) is 0 Å². The van der Waals surface area contributed by atoms with Crippen LogP contribution in [0.25, 0.3) is 0 Å². The largest absolute Gasteiger partial charge is 0.304 e. The maximum absolute atomic E-state index is 2.57. The molecule has 0 spiro atoms. The molecule has 2 saturated heterocycles. The van der Waals surface area contributed by atoms with E-state index < -0.39 is 0 Å². The number of nitrogens with zero attached hydrogens (tertiary/aromatic N) is 4. The molecule has 0 aliphatic carbocycles. The summed E-state index contributed by atoms with van der Waals surface area (Å²) in [7, 11) is 2.19. The second kappa shape index (κ2) is 14.0. The van der Waals surface area contributed by atoms with Gasteiger partial charge in [-0.1, -0.05) is 25.5 Å². The van der Waals surface area contributed by atoms with Crippen LogP contribution in [0.2, 0.25) is 0 Å². The van der Waals surface area contributed by atoms with Gasteiger partial charge in [-0.3, -0.25) is 9.80 Å². The molecule has 0 saturated carbocycles. The number of piperazine rings is 1. The maximum atomic E-state index is 2.57. The number of likely N-dealkylation sites (tertiary alicyclic amines) is 1. The van der Waals surface area contributed by atoms with Gasteiger partial charge in [0.05, 0.1) is 0 Å². The van der Waals surface area contributed by atoms with Gasteiger partial charge in [0.15, 0.2) is 0 Å². The van der Waals surface area contributed by atoms with Gasteiger partial charge in [-0.25, -0.2) is 0 Å². The van der Waals surface area contributed by atoms with Crippen LogP contribution in [0.3, 0.4) is 0 Å². The molecule has 3 aliphatic rings. The Morgan fingerprint density at radius 2 is 1.13 bits per heavy atom. The van der Waals surface area contributed by atoms with Crippen LogP contribution in [0.5, 0.6) is 0 Å². The highest BCUT2D eigenvalue weighted by Crippen LogP contribution is 2.30. The Balaban J connectivity index is 0.000000233. The number of piperidine rings is 1. The molecule has 0 radical (unpaired) electrons. The first-order valence-electron chi connectivity index (χ1n) is 13.0. The van der Waals surface area contributed by atoms with E-state index >= 15 is 0 Å². The van der Waals surface area contributed by atoms with Crippen molar-refractivity contribution in [2.24, 2.45) is 5.41 Å². The van der Waals surface area contributed by atoms with Crippen molar-refractivity contribution in [1.82, 2.24) is 19.6 Å². The molecule has 0 amide bonds. The van der Waals surface area contributed by atoms with E-state index in [1.165, 1.54) is 65.1 Å². The number of hydrogen-bond acceptors (Lipinski definition) is 4. The van der Waals surface area contributed by atoms with Crippen molar-refractivity contribution in [2.75, 3.05) is 59.4 Å². The van der Waals surface area contributed by atoms with Gasteiger partial charge in [0.25, 0.3) is 0 Å². The van der Waals surface area contributed by atoms with Crippen LogP contribution in [0.15, 0.2) is 11.6 Å². The Morgan fingerprint density at radius 3 is 1.52 bits per heavy atom. The first kappa shape index (κ1) is 28.6. The third-order valence-electron chi connectivity index (χ3n) is 7.35. The number of likely N-dealkylation sites (N-methyl/N-ethyl adjacent to an activating group) is 1. The molecule has 4 nitrogen and oxygen atoms in total. The summed E-state index contributed by atoms with van der Waals surface area (Å²) in [5.74, 6) is 0. The van der Waals surface area contributed by atoms with E-state index in [1.807, 2.05) is 0 Å². The molecule has 0 N–H and O–H groups in total. The fourth-order valence-electron chi connectivity index (χ4n) is 4.24. The zero-order chi connectivity index (χ0) is 23.6. The second-order valence-corrected chi connectivity index (χ2v) is 11.6. The summed E-state index contributed by atoms with van der Waals surface area (Å²) >= 11 is 0. The van der Waals surface area contributed by atoms with Crippen LogP contribution in [-0.2, 0) is 0 Å². The van der Waals surface area contributed by atoms with E-state index in [4.69, 9.17) is 0 Å². The summed E-state index contributed by atoms with van der Waals surface area (Å²) in [5, 5.41) is 0. The second-order valence-electron chi connectivity index (χ2n) is 11.6. The lowest BCUT2D eigenvalue weighted by atomic mass is 9.82. The van der Waals surface area contributed by atoms with Crippen molar-refractivity contribution in [2.45, 2.75) is 99.7 Å². The van der Waals surface area contributed by atoms with Gasteiger partial charge in [0.2, 0.25) is 0 Å². The Morgan fingerprint density at radius 1 is 0.677 bits per heavy atom. The molecule has 0 unspecified atom stereocenters. The van der Waals surface area contributed by atoms with Crippen molar-refractivity contribution in [1.29, 1.82) is 0 Å². The van der Waals surface area contributed by atoms with Crippen molar-refractivity contribution >= 4 is 0 Å². The van der Waals surface area contributed by atoms with Gasteiger partial charge in [0.1, 0.15) is 0 Å². The summed E-state index contributed by atoms with van der Waals surface area (Å²) in [6.07, 6.45) is 6.33. The third kappa shape index (κ3) is 11.8. The standard InChI is InChI=1S/C10H21N.C9H17N.C8H18N2/c1-9(2)11-7-5-10(3,4)6-8-11;2*1-8(2)10-6-4-9(3)5-7-10/h9H,5-8H2,1-4H3;4,8H,5-7H2,1-3H3;8H,4-7H2,1-3H3. The van der Waals surface area contributed by atoms with Crippen LogP contribution >= 0.6 is 0 Å². The van der Waals surface area contributed by atoms with Crippen molar-refractivity contribution in [3.05, 3.63) is 11.6 Å². The predicted octanol–water partition coefficient (Wildman–Crippen LogP) is 5.21. The Bertz CT molecular complexity index is 491. The smallest absolute Gasteiger partial charge is 0.0168 e. The first-order valence-corrected chi connectivity index (χ1v) is 13.0. The van der Waals surface area contributed by atoms with Gasteiger partial charge in [-0.05, 0) is 93.3 Å². The molecule has 4 heteroatoms. The lowest BCUT2D eigenvalue weighted by molar-refractivity contribution is 0.107. The zero-order valence-electron chi connectivity index (χ0n) is 22.9. The normalized spacial score (nSPS) is 23.8. The predicted molar refractivity (Wildman–Crippen MR) is 139 cm³/mol. The summed E-state index contributed by atoms with van der Waals surface area (Å²) in [4.78, 5) is 9.98. The van der Waals surface area contributed by atoms with Crippen LogP contribution < -0.4 is 0 Å². The highest BCUT2D eigenvalue weighted by molar-refractivity contribution is 5.04. The summed E-state index contributed by atoms with van der Waals surface area (Å²) in [6.45, 7) is 30.6. The van der Waals surface area contributed by atoms with E-state index in [2.05, 4.69) is 95.0 Å². The fourth-order valence-corrected chi connectivity index (χ4v) is 4.24.